The summed E-state index contributed by atoms with van der Waals surface area (Å²) in [6.45, 7) is 6.78. The Morgan fingerprint density at radius 1 is 0.846 bits per heavy atom. The molecule has 3 aromatic carbocycles. The molecule has 1 nitrogen and oxygen atoms in total. The zero-order valence-electron chi connectivity index (χ0n) is 14.9. The Labute approximate surface area is 170 Å². The fourth-order valence-electron chi connectivity index (χ4n) is 3.26. The van der Waals surface area contributed by atoms with Gasteiger partial charge in [0.1, 0.15) is 5.82 Å². The lowest BCUT2D eigenvalue weighted by molar-refractivity contribution is 0.597. The van der Waals surface area contributed by atoms with E-state index >= 15 is 0 Å². The molecule has 1 aromatic heterocycles. The van der Waals surface area contributed by atoms with Crippen molar-refractivity contribution in [3.05, 3.63) is 72.0 Å². The summed E-state index contributed by atoms with van der Waals surface area (Å²) in [7, 11) is 0. The van der Waals surface area contributed by atoms with Crippen LogP contribution in [0.2, 0.25) is 0 Å². The lowest BCUT2D eigenvalue weighted by Gasteiger charge is -2.19. The van der Waals surface area contributed by atoms with Crippen LogP contribution in [0.5, 0.6) is 0 Å². The Bertz CT molecular complexity index is 1090. The predicted molar refractivity (Wildman–Crippen MR) is 121 cm³/mol. The third kappa shape index (κ3) is 2.99. The van der Waals surface area contributed by atoms with E-state index in [-0.39, 0.29) is 11.2 Å². The van der Waals surface area contributed by atoms with Gasteiger partial charge in [0.05, 0.1) is 38.9 Å². The van der Waals surface area contributed by atoms with Gasteiger partial charge < -0.3 is 0 Å². The van der Waals surface area contributed by atoms with Gasteiger partial charge in [-0.15, -0.1) is 11.3 Å². The van der Waals surface area contributed by atoms with Gasteiger partial charge in [0.2, 0.25) is 0 Å². The summed E-state index contributed by atoms with van der Waals surface area (Å²) in [4.78, 5) is 0. The van der Waals surface area contributed by atoms with Crippen LogP contribution >= 0.6 is 34.2 Å². The lowest BCUT2D eigenvalue weighted by Crippen LogP contribution is -2.10. The molecule has 0 aliphatic carbocycles. The topological polar surface area (TPSA) is 3.24 Å². The average Bonchev–Trinajstić information content (AvgIpc) is 2.99. The summed E-state index contributed by atoms with van der Waals surface area (Å²) in [6, 6.07) is 19.7. The fraction of sp³-hybridized carbons (Fsp3) is 0.182. The van der Waals surface area contributed by atoms with Gasteiger partial charge in [0.15, 0.2) is 0 Å². The van der Waals surface area contributed by atoms with E-state index < -0.39 is 0 Å². The maximum Gasteiger partial charge on any atom is 0.123 e. The highest BCUT2D eigenvalue weighted by molar-refractivity contribution is 14.1. The minimum atomic E-state index is -0.214. The summed E-state index contributed by atoms with van der Waals surface area (Å²) in [5, 5.41) is 2.58. The van der Waals surface area contributed by atoms with Crippen molar-refractivity contribution in [3.63, 3.8) is 0 Å². The van der Waals surface area contributed by atoms with Crippen molar-refractivity contribution < 1.29 is 4.39 Å². The van der Waals surface area contributed by atoms with Gasteiger partial charge >= 0.3 is 0 Å². The molecule has 0 spiro atoms. The molecule has 0 amide bonds. The molecule has 132 valence electrons. The van der Waals surface area contributed by atoms with Gasteiger partial charge in [-0.05, 0) is 41.3 Å². The Morgan fingerprint density at radius 2 is 1.46 bits per heavy atom. The zero-order valence-corrected chi connectivity index (χ0v) is 17.9. The molecule has 0 atom stereocenters. The van der Waals surface area contributed by atoms with E-state index in [0.717, 1.165) is 11.4 Å². The average molecular weight is 475 g/mol. The molecule has 0 aliphatic heterocycles. The van der Waals surface area contributed by atoms with Crippen molar-refractivity contribution in [2.24, 2.45) is 0 Å². The van der Waals surface area contributed by atoms with Crippen LogP contribution in [-0.4, -0.2) is 0 Å². The first-order chi connectivity index (χ1) is 12.4. The number of hydrogen-bond donors (Lipinski definition) is 0. The number of halogens is 2. The number of hydrogen-bond acceptors (Lipinski definition) is 2. The molecule has 0 N–H and O–H groups in total. The normalized spacial score (nSPS) is 12.0. The quantitative estimate of drug-likeness (QED) is 0.210. The first-order valence-corrected chi connectivity index (χ1v) is 10.3. The molecule has 1 heterocycles. The smallest absolute Gasteiger partial charge is 0.123 e. The van der Waals surface area contributed by atoms with Crippen molar-refractivity contribution in [2.45, 2.75) is 26.2 Å². The second kappa shape index (κ2) is 6.50. The molecule has 0 radical (unpaired) electrons. The highest BCUT2D eigenvalue weighted by Crippen LogP contribution is 2.45. The van der Waals surface area contributed by atoms with Crippen molar-refractivity contribution in [1.29, 1.82) is 0 Å². The number of nitrogens with zero attached hydrogens (tertiary/aromatic N) is 1. The van der Waals surface area contributed by atoms with E-state index in [0.29, 0.717) is 0 Å². The predicted octanol–water partition coefficient (Wildman–Crippen LogP) is 7.98. The highest BCUT2D eigenvalue weighted by Gasteiger charge is 2.21. The van der Waals surface area contributed by atoms with Crippen molar-refractivity contribution in [3.8, 4) is 0 Å². The van der Waals surface area contributed by atoms with Crippen LogP contribution in [-0.2, 0) is 5.41 Å². The van der Waals surface area contributed by atoms with Crippen LogP contribution < -0.4 is 3.11 Å². The van der Waals surface area contributed by atoms with Gasteiger partial charge in [-0.1, -0.05) is 51.1 Å². The molecular formula is C22H19FINS. The summed E-state index contributed by atoms with van der Waals surface area (Å²) < 4.78 is 18.0. The SMILES string of the molecule is CC(C)(C)c1cccc2c1sc1c(N(I)c3ccc(F)cc3)cccc12. The third-order valence-corrected chi connectivity index (χ3v) is 6.93. The van der Waals surface area contributed by atoms with E-state index in [1.54, 1.807) is 0 Å². The minimum Gasteiger partial charge on any atom is -0.282 e. The van der Waals surface area contributed by atoms with E-state index in [1.807, 2.05) is 23.5 Å². The highest BCUT2D eigenvalue weighted by atomic mass is 127. The molecule has 4 rings (SSSR count). The van der Waals surface area contributed by atoms with Crippen LogP contribution in [0.1, 0.15) is 26.3 Å². The van der Waals surface area contributed by atoms with Crippen molar-refractivity contribution in [1.82, 2.24) is 0 Å². The first kappa shape index (κ1) is 17.7. The van der Waals surface area contributed by atoms with Gasteiger partial charge in [0, 0.05) is 15.5 Å². The van der Waals surface area contributed by atoms with E-state index in [1.165, 1.54) is 37.9 Å². The molecule has 0 aliphatic rings. The Kier molecular flexibility index (Phi) is 4.43. The Hall–Kier alpha value is -1.66. The number of thiophene rings is 1. The largest absolute Gasteiger partial charge is 0.282 e. The van der Waals surface area contributed by atoms with Gasteiger partial charge in [0.25, 0.3) is 0 Å². The maximum absolute atomic E-state index is 13.3. The Balaban J connectivity index is 1.96. The van der Waals surface area contributed by atoms with Gasteiger partial charge in [-0.25, -0.2) is 4.39 Å². The maximum atomic E-state index is 13.3. The first-order valence-electron chi connectivity index (χ1n) is 8.52. The molecular weight excluding hydrogens is 456 g/mol. The van der Waals surface area contributed by atoms with Crippen LogP contribution in [0, 0.1) is 5.82 Å². The number of anilines is 2. The molecule has 0 bridgehead atoms. The summed E-state index contributed by atoms with van der Waals surface area (Å²) in [5.74, 6) is -0.214. The van der Waals surface area contributed by atoms with E-state index in [4.69, 9.17) is 0 Å². The zero-order chi connectivity index (χ0) is 18.5. The molecule has 0 unspecified atom stereocenters. The number of benzene rings is 3. The molecule has 0 fully saturated rings. The molecule has 0 saturated carbocycles. The summed E-state index contributed by atoms with van der Waals surface area (Å²) in [6.07, 6.45) is 0. The Morgan fingerprint density at radius 3 is 2.12 bits per heavy atom. The standard InChI is InChI=1S/C22H19FINS/c1-22(2,3)18-8-4-6-16-17-7-5-9-19(21(17)26-20(16)18)25(24)15-12-10-14(23)11-13-15/h4-13H,1-3H3. The van der Waals surface area contributed by atoms with Gasteiger partial charge in [-0.3, -0.25) is 3.11 Å². The van der Waals surface area contributed by atoms with Crippen molar-refractivity contribution in [2.75, 3.05) is 3.11 Å². The molecule has 4 aromatic rings. The monoisotopic (exact) mass is 475 g/mol. The van der Waals surface area contributed by atoms with Crippen LogP contribution in [0.25, 0.3) is 20.2 Å². The number of rotatable bonds is 2. The number of fused-ring (bicyclic) bond motifs is 3. The fourth-order valence-corrected chi connectivity index (χ4v) is 5.68. The molecule has 26 heavy (non-hydrogen) atoms. The van der Waals surface area contributed by atoms with Crippen LogP contribution in [0.4, 0.5) is 15.8 Å². The summed E-state index contributed by atoms with van der Waals surface area (Å²) in [5.41, 5.74) is 3.58. The third-order valence-electron chi connectivity index (χ3n) is 4.58. The molecule has 0 saturated heterocycles. The molecule has 4 heteroatoms. The van der Waals surface area contributed by atoms with E-state index in [2.05, 4.69) is 83.1 Å². The second-order valence-corrected chi connectivity index (χ2v) is 9.43. The van der Waals surface area contributed by atoms with Crippen molar-refractivity contribution >= 4 is 65.7 Å². The van der Waals surface area contributed by atoms with Crippen LogP contribution in [0.3, 0.4) is 0 Å². The lowest BCUT2D eigenvalue weighted by atomic mass is 9.86. The second-order valence-electron chi connectivity index (χ2n) is 7.45. The van der Waals surface area contributed by atoms with Gasteiger partial charge in [-0.2, -0.15) is 0 Å². The minimum absolute atomic E-state index is 0.0987. The summed E-state index contributed by atoms with van der Waals surface area (Å²) >= 11 is 4.15. The van der Waals surface area contributed by atoms with E-state index in [9.17, 15) is 4.39 Å². The van der Waals surface area contributed by atoms with Crippen LogP contribution in [0.15, 0.2) is 60.7 Å².